The molecule has 0 aliphatic carbocycles. The van der Waals surface area contributed by atoms with E-state index in [1.807, 2.05) is 11.8 Å². The van der Waals surface area contributed by atoms with Gasteiger partial charge in [0, 0.05) is 6.04 Å². The van der Waals surface area contributed by atoms with Crippen molar-refractivity contribution < 1.29 is 4.74 Å². The molecule has 94 valence electrons. The Hall–Kier alpha value is -1.28. The lowest BCUT2D eigenvalue weighted by Gasteiger charge is -2.22. The molecule has 17 heavy (non-hydrogen) atoms. The summed E-state index contributed by atoms with van der Waals surface area (Å²) in [6.07, 6.45) is 2.23. The van der Waals surface area contributed by atoms with Gasteiger partial charge in [-0.15, -0.1) is 0 Å². The largest absolute Gasteiger partial charge is 0.467 e. The second kappa shape index (κ2) is 5.87. The van der Waals surface area contributed by atoms with E-state index in [0.717, 1.165) is 12.8 Å². The Kier molecular flexibility index (Phi) is 4.21. The van der Waals surface area contributed by atoms with Crippen LogP contribution in [0.1, 0.15) is 12.8 Å². The highest BCUT2D eigenvalue weighted by molar-refractivity contribution is 7.99. The molecule has 8 heteroatoms. The topological polar surface area (TPSA) is 98.0 Å². The van der Waals surface area contributed by atoms with Crippen molar-refractivity contribution in [3.8, 4) is 6.01 Å². The summed E-state index contributed by atoms with van der Waals surface area (Å²) in [6.45, 7) is 0. The van der Waals surface area contributed by atoms with E-state index in [-0.39, 0.29) is 6.01 Å². The number of hydrazine groups is 1. The van der Waals surface area contributed by atoms with Crippen LogP contribution in [-0.4, -0.2) is 39.6 Å². The number of anilines is 2. The van der Waals surface area contributed by atoms with Crippen LogP contribution in [0.2, 0.25) is 0 Å². The van der Waals surface area contributed by atoms with E-state index in [9.17, 15) is 0 Å². The second-order valence-electron chi connectivity index (χ2n) is 3.64. The molecule has 1 fully saturated rings. The Morgan fingerprint density at radius 2 is 1.94 bits per heavy atom. The zero-order valence-corrected chi connectivity index (χ0v) is 10.5. The van der Waals surface area contributed by atoms with Crippen molar-refractivity contribution in [1.82, 2.24) is 15.0 Å². The molecule has 0 amide bonds. The van der Waals surface area contributed by atoms with Crippen LogP contribution in [0.15, 0.2) is 0 Å². The zero-order chi connectivity index (χ0) is 12.1. The smallest absolute Gasteiger partial charge is 0.322 e. The van der Waals surface area contributed by atoms with Gasteiger partial charge in [0.25, 0.3) is 0 Å². The Balaban J connectivity index is 2.07. The van der Waals surface area contributed by atoms with Gasteiger partial charge in [-0.05, 0) is 24.3 Å². The quantitative estimate of drug-likeness (QED) is 0.528. The van der Waals surface area contributed by atoms with E-state index in [4.69, 9.17) is 10.6 Å². The third-order valence-electron chi connectivity index (χ3n) is 2.48. The summed E-state index contributed by atoms with van der Waals surface area (Å²) in [6, 6.07) is 0.662. The van der Waals surface area contributed by atoms with Gasteiger partial charge in [0.15, 0.2) is 0 Å². The monoisotopic (exact) mass is 256 g/mol. The molecule has 1 aliphatic heterocycles. The van der Waals surface area contributed by atoms with Crippen LogP contribution >= 0.6 is 11.8 Å². The first-order chi connectivity index (χ1) is 8.31. The highest BCUT2D eigenvalue weighted by atomic mass is 32.2. The van der Waals surface area contributed by atoms with E-state index in [1.54, 1.807) is 0 Å². The molecule has 1 aromatic heterocycles. The van der Waals surface area contributed by atoms with E-state index in [1.165, 1.54) is 18.6 Å². The van der Waals surface area contributed by atoms with Gasteiger partial charge in [0.1, 0.15) is 0 Å². The molecule has 1 aromatic rings. The van der Waals surface area contributed by atoms with Gasteiger partial charge in [-0.1, -0.05) is 0 Å². The fraction of sp³-hybridized carbons (Fsp3) is 0.667. The van der Waals surface area contributed by atoms with Crippen LogP contribution in [0.25, 0.3) is 0 Å². The number of nitrogens with two attached hydrogens (primary N) is 1. The standard InChI is InChI=1S/C9H16N6OS/c1-16-9-13-7(12-8(14-9)15-10)11-6-2-4-17-5-3-6/h6H,2-5,10H2,1H3,(H2,11,12,13,14,15). The van der Waals surface area contributed by atoms with Gasteiger partial charge in [-0.3, -0.25) is 5.43 Å². The maximum Gasteiger partial charge on any atom is 0.322 e. The first-order valence-corrected chi connectivity index (χ1v) is 6.58. The van der Waals surface area contributed by atoms with Crippen molar-refractivity contribution in [2.45, 2.75) is 18.9 Å². The van der Waals surface area contributed by atoms with Crippen molar-refractivity contribution in [3.63, 3.8) is 0 Å². The third kappa shape index (κ3) is 3.34. The minimum Gasteiger partial charge on any atom is -0.467 e. The lowest BCUT2D eigenvalue weighted by Crippen LogP contribution is -2.26. The highest BCUT2D eigenvalue weighted by Gasteiger charge is 2.15. The molecule has 7 nitrogen and oxygen atoms in total. The van der Waals surface area contributed by atoms with Crippen LogP contribution in [0.4, 0.5) is 11.9 Å². The lowest BCUT2D eigenvalue weighted by atomic mass is 10.2. The number of aromatic nitrogens is 3. The van der Waals surface area contributed by atoms with Gasteiger partial charge in [0.2, 0.25) is 11.9 Å². The van der Waals surface area contributed by atoms with Gasteiger partial charge in [-0.2, -0.15) is 26.7 Å². The first kappa shape index (κ1) is 12.2. The average molecular weight is 256 g/mol. The van der Waals surface area contributed by atoms with Gasteiger partial charge < -0.3 is 10.1 Å². The second-order valence-corrected chi connectivity index (χ2v) is 4.87. The molecule has 2 heterocycles. The lowest BCUT2D eigenvalue weighted by molar-refractivity contribution is 0.379. The molecule has 2 rings (SSSR count). The SMILES string of the molecule is COc1nc(NN)nc(NC2CCSCC2)n1. The highest BCUT2D eigenvalue weighted by Crippen LogP contribution is 2.20. The average Bonchev–Trinajstić information content (AvgIpc) is 2.39. The molecule has 0 saturated carbocycles. The number of hydrogen-bond acceptors (Lipinski definition) is 8. The van der Waals surface area contributed by atoms with Gasteiger partial charge in [-0.25, -0.2) is 5.84 Å². The molecule has 0 aromatic carbocycles. The number of ether oxygens (including phenoxy) is 1. The van der Waals surface area contributed by atoms with Crippen LogP contribution in [0.3, 0.4) is 0 Å². The minimum absolute atomic E-state index is 0.251. The summed E-state index contributed by atoms with van der Waals surface area (Å²) in [7, 11) is 1.51. The summed E-state index contributed by atoms with van der Waals surface area (Å²) < 4.78 is 4.98. The van der Waals surface area contributed by atoms with Crippen LogP contribution in [0, 0.1) is 0 Å². The zero-order valence-electron chi connectivity index (χ0n) is 9.64. The molecule has 1 aliphatic rings. The molecular formula is C9H16N6OS. The number of nitrogens with one attached hydrogen (secondary N) is 2. The Morgan fingerprint density at radius 1 is 1.24 bits per heavy atom. The van der Waals surface area contributed by atoms with Crippen molar-refractivity contribution >= 4 is 23.7 Å². The predicted molar refractivity (Wildman–Crippen MR) is 68.2 cm³/mol. The summed E-state index contributed by atoms with van der Waals surface area (Å²) in [5, 5.41) is 3.28. The van der Waals surface area contributed by atoms with Gasteiger partial charge >= 0.3 is 6.01 Å². The molecule has 1 saturated heterocycles. The van der Waals surface area contributed by atoms with Crippen molar-refractivity contribution in [2.75, 3.05) is 29.4 Å². The Morgan fingerprint density at radius 3 is 2.59 bits per heavy atom. The van der Waals surface area contributed by atoms with E-state index in [0.29, 0.717) is 17.9 Å². The van der Waals surface area contributed by atoms with Crippen molar-refractivity contribution in [3.05, 3.63) is 0 Å². The summed E-state index contributed by atoms with van der Waals surface area (Å²) in [5.41, 5.74) is 2.39. The van der Waals surface area contributed by atoms with Crippen LogP contribution in [-0.2, 0) is 0 Å². The number of hydrogen-bond donors (Lipinski definition) is 3. The maximum atomic E-state index is 5.29. The maximum absolute atomic E-state index is 5.29. The van der Waals surface area contributed by atoms with E-state index in [2.05, 4.69) is 25.7 Å². The Labute approximate surface area is 104 Å². The van der Waals surface area contributed by atoms with Crippen LogP contribution < -0.4 is 21.3 Å². The summed E-state index contributed by atoms with van der Waals surface area (Å²) >= 11 is 1.97. The molecule has 0 bridgehead atoms. The molecule has 0 atom stereocenters. The fourth-order valence-electron chi connectivity index (χ4n) is 1.60. The number of thioether (sulfide) groups is 1. The molecule has 0 radical (unpaired) electrons. The Bertz CT molecular complexity index is 348. The number of nitrogens with zero attached hydrogens (tertiary/aromatic N) is 3. The molecular weight excluding hydrogens is 240 g/mol. The molecule has 0 spiro atoms. The number of nitrogen functional groups attached to an aromatic ring is 1. The minimum atomic E-state index is 0.251. The van der Waals surface area contributed by atoms with Gasteiger partial charge in [0.05, 0.1) is 7.11 Å². The van der Waals surface area contributed by atoms with Crippen LogP contribution in [0.5, 0.6) is 6.01 Å². The summed E-state index contributed by atoms with van der Waals surface area (Å²) in [4.78, 5) is 12.2. The predicted octanol–water partition coefficient (Wildman–Crippen LogP) is 0.473. The third-order valence-corrected chi connectivity index (χ3v) is 3.53. The van der Waals surface area contributed by atoms with Crippen molar-refractivity contribution in [1.29, 1.82) is 0 Å². The molecule has 4 N–H and O–H groups in total. The van der Waals surface area contributed by atoms with E-state index >= 15 is 0 Å². The molecule has 0 unspecified atom stereocenters. The van der Waals surface area contributed by atoms with Crippen molar-refractivity contribution in [2.24, 2.45) is 5.84 Å². The summed E-state index contributed by atoms with van der Waals surface area (Å²) in [5.74, 6) is 8.42. The number of methoxy groups -OCH3 is 1. The van der Waals surface area contributed by atoms with E-state index < -0.39 is 0 Å². The number of rotatable bonds is 4. The first-order valence-electron chi connectivity index (χ1n) is 5.43. The normalized spacial score (nSPS) is 16.6. The fourth-order valence-corrected chi connectivity index (χ4v) is 2.71.